The van der Waals surface area contributed by atoms with Crippen LogP contribution in [0.3, 0.4) is 0 Å². The molecule has 320 valence electrons. The number of hydrogen-bond donors (Lipinski definition) is 0. The van der Waals surface area contributed by atoms with E-state index in [9.17, 15) is 0 Å². The van der Waals surface area contributed by atoms with Gasteiger partial charge in [0.1, 0.15) is 0 Å². The van der Waals surface area contributed by atoms with Crippen LogP contribution in [0.5, 0.6) is 0 Å². The zero-order valence-corrected chi connectivity index (χ0v) is 40.0. The molecule has 0 aromatic heterocycles. The van der Waals surface area contributed by atoms with Gasteiger partial charge in [-0.2, -0.15) is 0 Å². The molecule has 0 unspecified atom stereocenters. The predicted octanol–water partition coefficient (Wildman–Crippen LogP) is 18.1. The van der Waals surface area contributed by atoms with Crippen LogP contribution in [-0.4, -0.2) is 0 Å². The molecule has 10 aromatic rings. The Hall–Kier alpha value is -6.76. The molecule has 66 heavy (non-hydrogen) atoms. The second-order valence-corrected chi connectivity index (χ2v) is 22.6. The van der Waals surface area contributed by atoms with E-state index in [0.29, 0.717) is 0 Å². The number of aryl methyl sites for hydroxylation is 1. The monoisotopic (exact) mass is 848 g/mol. The van der Waals surface area contributed by atoms with Crippen LogP contribution in [0.1, 0.15) is 107 Å². The van der Waals surface area contributed by atoms with Crippen molar-refractivity contribution in [3.63, 3.8) is 0 Å². The first kappa shape index (κ1) is 39.6. The molecule has 0 fully saturated rings. The average Bonchev–Trinajstić information content (AvgIpc) is 3.79. The maximum atomic E-state index is 2.50. The van der Waals surface area contributed by atoms with Gasteiger partial charge in [0.05, 0.1) is 0 Å². The van der Waals surface area contributed by atoms with Crippen LogP contribution in [0.4, 0.5) is 0 Å². The van der Waals surface area contributed by atoms with Crippen LogP contribution in [0.25, 0.3) is 99.1 Å². The van der Waals surface area contributed by atoms with Gasteiger partial charge in [-0.05, 0) is 186 Å². The van der Waals surface area contributed by atoms with Gasteiger partial charge in [-0.3, -0.25) is 0 Å². The molecule has 0 radical (unpaired) electrons. The Morgan fingerprint density at radius 1 is 0.318 bits per heavy atom. The smallest absolute Gasteiger partial charge is 0.0159 e. The Labute approximate surface area is 390 Å². The summed E-state index contributed by atoms with van der Waals surface area (Å²) < 4.78 is 0. The minimum absolute atomic E-state index is 0.0220. The Bertz CT molecular complexity index is 3740. The molecule has 0 heteroatoms. The fourth-order valence-electron chi connectivity index (χ4n) is 12.8. The molecule has 13 rings (SSSR count). The summed E-state index contributed by atoms with van der Waals surface area (Å²) >= 11 is 0. The third kappa shape index (κ3) is 5.28. The van der Waals surface area contributed by atoms with E-state index < -0.39 is 0 Å². The van der Waals surface area contributed by atoms with E-state index in [2.05, 4.69) is 227 Å². The molecule has 10 aromatic carbocycles. The van der Waals surface area contributed by atoms with E-state index >= 15 is 0 Å². The molecule has 0 spiro atoms. The fourth-order valence-corrected chi connectivity index (χ4v) is 12.8. The van der Waals surface area contributed by atoms with Crippen molar-refractivity contribution in [3.05, 3.63) is 202 Å². The topological polar surface area (TPSA) is 0 Å². The maximum absolute atomic E-state index is 2.50. The summed E-state index contributed by atoms with van der Waals surface area (Å²) in [5.41, 5.74) is 26.9. The average molecular weight is 849 g/mol. The Balaban J connectivity index is 0.842. The van der Waals surface area contributed by atoms with Crippen molar-refractivity contribution in [1.29, 1.82) is 0 Å². The second kappa shape index (κ2) is 13.0. The first-order valence-electron chi connectivity index (χ1n) is 24.1. The standard InChI is InChI=1S/C66H56/c1-37-29-54(53-28-21-44-31-45(63(2,3)4)30-43-20-22-46(37)62(53)61(43)44)42-19-27-52-51-26-18-41(35-59(51)66(9,10)60(52)36-42)40-17-25-50-49-24-16-39(33-57(49)65(7,8)58(50)34-40)38-15-23-48-47-13-11-12-14-55(47)64(5,6)56(48)32-38/h11-36H,1-10H3. The van der Waals surface area contributed by atoms with Crippen LogP contribution < -0.4 is 0 Å². The third-order valence-electron chi connectivity index (χ3n) is 16.7. The lowest BCUT2D eigenvalue weighted by Gasteiger charge is -2.24. The van der Waals surface area contributed by atoms with Crippen molar-refractivity contribution in [1.82, 2.24) is 0 Å². The van der Waals surface area contributed by atoms with Crippen molar-refractivity contribution in [2.75, 3.05) is 0 Å². The van der Waals surface area contributed by atoms with Gasteiger partial charge in [-0.15, -0.1) is 0 Å². The van der Waals surface area contributed by atoms with Crippen molar-refractivity contribution in [2.45, 2.75) is 90.9 Å². The van der Waals surface area contributed by atoms with Crippen LogP contribution in [0, 0.1) is 6.92 Å². The van der Waals surface area contributed by atoms with E-state index in [0.717, 1.165) is 0 Å². The van der Waals surface area contributed by atoms with E-state index in [1.54, 1.807) is 0 Å². The Morgan fingerprint density at radius 3 is 1.15 bits per heavy atom. The largest absolute Gasteiger partial charge is 0.0619 e. The molecule has 0 heterocycles. The Kier molecular flexibility index (Phi) is 7.79. The summed E-state index contributed by atoms with van der Waals surface area (Å²) in [5, 5.41) is 8.14. The molecule has 0 aliphatic heterocycles. The van der Waals surface area contributed by atoms with Gasteiger partial charge in [0.2, 0.25) is 0 Å². The van der Waals surface area contributed by atoms with Gasteiger partial charge in [0.25, 0.3) is 0 Å². The van der Waals surface area contributed by atoms with Gasteiger partial charge < -0.3 is 0 Å². The molecule has 0 saturated carbocycles. The highest BCUT2D eigenvalue weighted by Gasteiger charge is 2.39. The van der Waals surface area contributed by atoms with Gasteiger partial charge in [-0.1, -0.05) is 190 Å². The zero-order valence-electron chi connectivity index (χ0n) is 40.0. The lowest BCUT2D eigenvalue weighted by Crippen LogP contribution is -2.16. The quantitative estimate of drug-likeness (QED) is 0.155. The lowest BCUT2D eigenvalue weighted by molar-refractivity contribution is 0.591. The summed E-state index contributed by atoms with van der Waals surface area (Å²) in [6.45, 7) is 23.6. The van der Waals surface area contributed by atoms with Crippen LogP contribution in [0.2, 0.25) is 0 Å². The summed E-state index contributed by atoms with van der Waals surface area (Å²) in [6.07, 6.45) is 0. The number of benzene rings is 10. The molecule has 3 aliphatic carbocycles. The van der Waals surface area contributed by atoms with Crippen molar-refractivity contribution >= 4 is 32.3 Å². The van der Waals surface area contributed by atoms with Gasteiger partial charge in [0, 0.05) is 16.2 Å². The molecule has 0 amide bonds. The molecule has 3 aliphatic rings. The Morgan fingerprint density at radius 2 is 0.697 bits per heavy atom. The van der Waals surface area contributed by atoms with Crippen molar-refractivity contribution in [2.24, 2.45) is 0 Å². The molecular formula is C66H56. The SMILES string of the molecule is Cc1cc(-c2ccc3c(c2)C(C)(C)c2cc(-c4ccc5c(c4)C(C)(C)c4cc(-c6ccc7c(c6)C(C)(C)c6ccccc6-7)ccc4-5)ccc2-3)c2ccc3cc(C(C)(C)C)cc4ccc1c2c43. The zero-order chi connectivity index (χ0) is 45.4. The summed E-state index contributed by atoms with van der Waals surface area (Å²) in [6, 6.07) is 61.7. The number of rotatable bonds is 3. The van der Waals surface area contributed by atoms with Crippen molar-refractivity contribution in [3.8, 4) is 66.8 Å². The van der Waals surface area contributed by atoms with Gasteiger partial charge in [-0.25, -0.2) is 0 Å². The number of hydrogen-bond acceptors (Lipinski definition) is 0. The van der Waals surface area contributed by atoms with E-state index in [4.69, 9.17) is 0 Å². The van der Waals surface area contributed by atoms with Crippen LogP contribution in [-0.2, 0) is 21.7 Å². The van der Waals surface area contributed by atoms with E-state index in [1.165, 1.54) is 144 Å². The van der Waals surface area contributed by atoms with E-state index in [-0.39, 0.29) is 21.7 Å². The summed E-state index contributed by atoms with van der Waals surface area (Å²) in [7, 11) is 0. The molecule has 0 N–H and O–H groups in total. The molecule has 0 atom stereocenters. The highest BCUT2D eigenvalue weighted by Crippen LogP contribution is 2.55. The van der Waals surface area contributed by atoms with E-state index in [1.807, 2.05) is 0 Å². The highest BCUT2D eigenvalue weighted by molar-refractivity contribution is 6.26. The molecule has 0 bridgehead atoms. The molecule has 0 nitrogen and oxygen atoms in total. The lowest BCUT2D eigenvalue weighted by atomic mass is 9.79. The first-order valence-corrected chi connectivity index (χ1v) is 24.1. The maximum Gasteiger partial charge on any atom is 0.0159 e. The first-order chi connectivity index (χ1) is 31.5. The van der Waals surface area contributed by atoms with Gasteiger partial charge >= 0.3 is 0 Å². The number of fused-ring (bicyclic) bond motifs is 9. The minimum Gasteiger partial charge on any atom is -0.0619 e. The molecule has 0 saturated heterocycles. The summed E-state index contributed by atoms with van der Waals surface area (Å²) in [4.78, 5) is 0. The minimum atomic E-state index is -0.156. The fraction of sp³-hybridized carbons (Fsp3) is 0.212. The van der Waals surface area contributed by atoms with Gasteiger partial charge in [0.15, 0.2) is 0 Å². The summed E-state index contributed by atoms with van der Waals surface area (Å²) in [5.74, 6) is 0. The third-order valence-corrected chi connectivity index (χ3v) is 16.7. The highest BCUT2D eigenvalue weighted by atomic mass is 14.4. The second-order valence-electron chi connectivity index (χ2n) is 22.6. The van der Waals surface area contributed by atoms with Crippen LogP contribution in [0.15, 0.2) is 158 Å². The molecular weight excluding hydrogens is 793 g/mol. The predicted molar refractivity (Wildman–Crippen MR) is 283 cm³/mol. The van der Waals surface area contributed by atoms with Crippen LogP contribution >= 0.6 is 0 Å². The van der Waals surface area contributed by atoms with Crippen molar-refractivity contribution < 1.29 is 0 Å². The normalized spacial score (nSPS) is 15.8.